The van der Waals surface area contributed by atoms with E-state index in [2.05, 4.69) is 22.4 Å². The van der Waals surface area contributed by atoms with E-state index in [9.17, 15) is 4.79 Å². The first-order valence-corrected chi connectivity index (χ1v) is 8.84. The van der Waals surface area contributed by atoms with Gasteiger partial charge in [-0.3, -0.25) is 10.1 Å². The number of hydrogen-bond acceptors (Lipinski definition) is 7. The van der Waals surface area contributed by atoms with E-state index >= 15 is 0 Å². The fourth-order valence-electron chi connectivity index (χ4n) is 2.58. The second kappa shape index (κ2) is 7.04. The van der Waals surface area contributed by atoms with E-state index in [1.807, 2.05) is 30.0 Å². The highest BCUT2D eigenvalue weighted by molar-refractivity contribution is 7.15. The Hall–Kier alpha value is -2.35. The topological polar surface area (TPSA) is 93.4 Å². The first kappa shape index (κ1) is 16.5. The molecular weight excluding hydrogens is 326 g/mol. The minimum Gasteiger partial charge on any atom is -0.486 e. The monoisotopic (exact) mass is 347 g/mol. The Morgan fingerprint density at radius 1 is 1.46 bits per heavy atom. The van der Waals surface area contributed by atoms with Crippen molar-refractivity contribution in [1.82, 2.24) is 10.2 Å². The smallest absolute Gasteiger partial charge is 0.245 e. The number of benzene rings is 1. The maximum absolute atomic E-state index is 12.4. The van der Waals surface area contributed by atoms with Gasteiger partial charge < -0.3 is 15.4 Å². The molecule has 0 saturated heterocycles. The van der Waals surface area contributed by atoms with Gasteiger partial charge in [0.05, 0.1) is 18.8 Å². The van der Waals surface area contributed by atoms with Crippen LogP contribution in [0.5, 0.6) is 5.75 Å². The Kier molecular flexibility index (Phi) is 4.84. The summed E-state index contributed by atoms with van der Waals surface area (Å²) in [6.45, 7) is 4.94. The highest BCUT2D eigenvalue weighted by Gasteiger charge is 2.26. The van der Waals surface area contributed by atoms with E-state index in [0.29, 0.717) is 17.4 Å². The lowest BCUT2D eigenvalue weighted by Crippen LogP contribution is -2.43. The van der Waals surface area contributed by atoms with Crippen LogP contribution in [0.3, 0.4) is 0 Å². The number of rotatable bonds is 5. The van der Waals surface area contributed by atoms with Gasteiger partial charge in [0.15, 0.2) is 0 Å². The zero-order valence-corrected chi connectivity index (χ0v) is 14.6. The lowest BCUT2D eigenvalue weighted by Gasteiger charge is -2.35. The summed E-state index contributed by atoms with van der Waals surface area (Å²) < 4.78 is 5.93. The van der Waals surface area contributed by atoms with Crippen LogP contribution in [0.2, 0.25) is 0 Å². The van der Waals surface area contributed by atoms with E-state index in [0.717, 1.165) is 29.3 Å². The predicted octanol–water partition coefficient (Wildman–Crippen LogP) is 2.30. The number of nitrogens with two attached hydrogens (primary N) is 1. The molecule has 0 aliphatic carbocycles. The molecule has 1 aliphatic rings. The number of ether oxygens (including phenoxy) is 1. The number of anilines is 3. The van der Waals surface area contributed by atoms with Crippen molar-refractivity contribution in [2.75, 3.05) is 29.0 Å². The highest BCUT2D eigenvalue weighted by Crippen LogP contribution is 2.35. The van der Waals surface area contributed by atoms with E-state index < -0.39 is 0 Å². The molecule has 0 bridgehead atoms. The maximum Gasteiger partial charge on any atom is 0.245 e. The molecule has 1 atom stereocenters. The Morgan fingerprint density at radius 2 is 2.29 bits per heavy atom. The minimum atomic E-state index is -0.126. The second-order valence-electron chi connectivity index (χ2n) is 5.66. The number of carbonyl (C=O) groups is 1. The average Bonchev–Trinajstić information content (AvgIpc) is 3.02. The molecule has 2 aromatic rings. The standard InChI is InChI=1S/C16H21N5O2S/c1-3-11-8-21(12-7-10(17)5-6-13(12)23-11)9-14(22)18-16-20-19-15(4-2)24-16/h5-7,11H,3-4,8-9,17H2,1-2H3,(H,18,20,22). The number of aryl methyl sites for hydroxylation is 1. The Labute approximate surface area is 144 Å². The molecule has 3 rings (SSSR count). The van der Waals surface area contributed by atoms with Crippen molar-refractivity contribution < 1.29 is 9.53 Å². The van der Waals surface area contributed by atoms with Crippen LogP contribution in [0.15, 0.2) is 18.2 Å². The van der Waals surface area contributed by atoms with Gasteiger partial charge in [0.2, 0.25) is 11.0 Å². The van der Waals surface area contributed by atoms with Gasteiger partial charge in [-0.1, -0.05) is 25.2 Å². The second-order valence-corrected chi connectivity index (χ2v) is 6.72. The summed E-state index contributed by atoms with van der Waals surface area (Å²) >= 11 is 1.40. The van der Waals surface area contributed by atoms with Crippen molar-refractivity contribution in [3.05, 3.63) is 23.2 Å². The molecule has 0 saturated carbocycles. The number of aromatic nitrogens is 2. The molecule has 128 valence electrons. The molecule has 7 nitrogen and oxygen atoms in total. The molecule has 0 spiro atoms. The van der Waals surface area contributed by atoms with Crippen LogP contribution in [-0.2, 0) is 11.2 Å². The van der Waals surface area contributed by atoms with Gasteiger partial charge in [0.1, 0.15) is 16.9 Å². The van der Waals surface area contributed by atoms with Crippen LogP contribution in [0, 0.1) is 0 Å². The maximum atomic E-state index is 12.4. The number of nitrogens with one attached hydrogen (secondary N) is 1. The van der Waals surface area contributed by atoms with Crippen LogP contribution in [0.1, 0.15) is 25.3 Å². The number of amides is 1. The molecule has 0 radical (unpaired) electrons. The molecule has 1 amide bonds. The fourth-order valence-corrected chi connectivity index (χ4v) is 3.28. The minimum absolute atomic E-state index is 0.0575. The van der Waals surface area contributed by atoms with Crippen molar-refractivity contribution >= 4 is 33.8 Å². The number of carbonyl (C=O) groups excluding carboxylic acids is 1. The van der Waals surface area contributed by atoms with Crippen molar-refractivity contribution in [2.24, 2.45) is 0 Å². The quantitative estimate of drug-likeness (QED) is 0.806. The van der Waals surface area contributed by atoms with Crippen LogP contribution in [0.25, 0.3) is 0 Å². The van der Waals surface area contributed by atoms with Gasteiger partial charge in [0.25, 0.3) is 0 Å². The van der Waals surface area contributed by atoms with Crippen molar-refractivity contribution in [3.8, 4) is 5.75 Å². The Bertz CT molecular complexity index is 733. The van der Waals surface area contributed by atoms with Crippen molar-refractivity contribution in [2.45, 2.75) is 32.8 Å². The van der Waals surface area contributed by atoms with E-state index in [4.69, 9.17) is 10.5 Å². The van der Waals surface area contributed by atoms with Gasteiger partial charge in [-0.2, -0.15) is 0 Å². The number of nitrogens with zero attached hydrogens (tertiary/aromatic N) is 3. The van der Waals surface area contributed by atoms with Crippen molar-refractivity contribution in [1.29, 1.82) is 0 Å². The summed E-state index contributed by atoms with van der Waals surface area (Å²) in [6.07, 6.45) is 1.74. The third-order valence-corrected chi connectivity index (χ3v) is 4.83. The Balaban J connectivity index is 1.73. The number of fused-ring (bicyclic) bond motifs is 1. The zero-order valence-electron chi connectivity index (χ0n) is 13.8. The van der Waals surface area contributed by atoms with Crippen molar-refractivity contribution in [3.63, 3.8) is 0 Å². The average molecular weight is 347 g/mol. The number of nitrogen functional groups attached to an aromatic ring is 1. The predicted molar refractivity (Wildman–Crippen MR) is 95.7 cm³/mol. The Morgan fingerprint density at radius 3 is 3.00 bits per heavy atom. The van der Waals surface area contributed by atoms with Gasteiger partial charge in [-0.15, -0.1) is 10.2 Å². The molecule has 1 aliphatic heterocycles. The fraction of sp³-hybridized carbons (Fsp3) is 0.438. The summed E-state index contributed by atoms with van der Waals surface area (Å²) in [5.41, 5.74) is 7.38. The van der Waals surface area contributed by atoms with E-state index in [1.54, 1.807) is 0 Å². The van der Waals surface area contributed by atoms with Crippen LogP contribution < -0.4 is 20.7 Å². The molecule has 2 heterocycles. The molecule has 8 heteroatoms. The first-order chi connectivity index (χ1) is 11.6. The number of hydrogen-bond donors (Lipinski definition) is 2. The highest BCUT2D eigenvalue weighted by atomic mass is 32.1. The summed E-state index contributed by atoms with van der Waals surface area (Å²) in [5.74, 6) is 0.637. The first-order valence-electron chi connectivity index (χ1n) is 8.02. The van der Waals surface area contributed by atoms with Crippen LogP contribution in [-0.4, -0.2) is 35.3 Å². The van der Waals surface area contributed by atoms with Gasteiger partial charge in [0, 0.05) is 5.69 Å². The molecular formula is C16H21N5O2S. The molecule has 0 fully saturated rings. The summed E-state index contributed by atoms with van der Waals surface area (Å²) in [4.78, 5) is 14.4. The van der Waals surface area contributed by atoms with E-state index in [1.165, 1.54) is 11.3 Å². The molecule has 1 unspecified atom stereocenters. The molecule has 24 heavy (non-hydrogen) atoms. The summed E-state index contributed by atoms with van der Waals surface area (Å²) in [5, 5.41) is 12.2. The third kappa shape index (κ3) is 3.59. The normalized spacial score (nSPS) is 16.4. The zero-order chi connectivity index (χ0) is 17.1. The largest absolute Gasteiger partial charge is 0.486 e. The lowest BCUT2D eigenvalue weighted by atomic mass is 10.1. The summed E-state index contributed by atoms with van der Waals surface area (Å²) in [7, 11) is 0. The van der Waals surface area contributed by atoms with Crippen LogP contribution in [0.4, 0.5) is 16.5 Å². The lowest BCUT2D eigenvalue weighted by molar-refractivity contribution is -0.115. The van der Waals surface area contributed by atoms with E-state index in [-0.39, 0.29) is 18.6 Å². The SMILES string of the molecule is CCc1nnc(NC(=O)CN2CC(CC)Oc3ccc(N)cc32)s1. The molecule has 1 aromatic heterocycles. The molecule has 1 aromatic carbocycles. The molecule has 3 N–H and O–H groups in total. The van der Waals surface area contributed by atoms with Gasteiger partial charge >= 0.3 is 0 Å². The third-order valence-electron chi connectivity index (χ3n) is 3.85. The van der Waals surface area contributed by atoms with Gasteiger partial charge in [-0.05, 0) is 31.0 Å². The van der Waals surface area contributed by atoms with Crippen LogP contribution >= 0.6 is 11.3 Å². The van der Waals surface area contributed by atoms with Gasteiger partial charge in [-0.25, -0.2) is 0 Å². The summed E-state index contributed by atoms with van der Waals surface area (Å²) in [6, 6.07) is 5.51.